The number of carbonyl (C=O) groups excluding carboxylic acids is 1. The molecule has 0 heterocycles. The summed E-state index contributed by atoms with van der Waals surface area (Å²) in [5.41, 5.74) is 1.81. The number of likely N-dealkylation sites (N-methyl/N-ethyl adjacent to an activating group) is 1. The van der Waals surface area contributed by atoms with E-state index in [1.165, 1.54) is 0 Å². The van der Waals surface area contributed by atoms with Gasteiger partial charge in [-0.3, -0.25) is 9.69 Å². The quantitative estimate of drug-likeness (QED) is 0.868. The summed E-state index contributed by atoms with van der Waals surface area (Å²) in [6.45, 7) is 3.81. The van der Waals surface area contributed by atoms with Crippen LogP contribution in [-0.2, 0) is 4.79 Å². The van der Waals surface area contributed by atoms with Gasteiger partial charge in [0.15, 0.2) is 0 Å². The molecule has 1 amide bonds. The molecule has 1 unspecified atom stereocenters. The van der Waals surface area contributed by atoms with Crippen LogP contribution in [-0.4, -0.2) is 38.1 Å². The Morgan fingerprint density at radius 2 is 2.06 bits per heavy atom. The number of hydrogen-bond donors (Lipinski definition) is 1. The summed E-state index contributed by atoms with van der Waals surface area (Å²) in [5, 5.41) is 2.91. The Hall–Kier alpha value is -1.55. The third kappa shape index (κ3) is 3.46. The number of methoxy groups -OCH3 is 1. The van der Waals surface area contributed by atoms with Crippen LogP contribution in [0.2, 0.25) is 0 Å². The third-order valence-corrected chi connectivity index (χ3v) is 2.85. The van der Waals surface area contributed by atoms with E-state index in [4.69, 9.17) is 4.74 Å². The number of hydrogen-bond acceptors (Lipinski definition) is 3. The molecular formula is C13H20N2O2. The molecule has 0 fully saturated rings. The molecule has 1 rings (SSSR count). The van der Waals surface area contributed by atoms with Crippen LogP contribution < -0.4 is 10.1 Å². The van der Waals surface area contributed by atoms with Gasteiger partial charge in [0.2, 0.25) is 5.91 Å². The standard InChI is InChI=1S/C13H20N2O2/c1-9-8-11(17-5)6-7-12(9)14-13(16)10(2)15(3)4/h6-8,10H,1-5H3,(H,14,16). The molecule has 0 aliphatic heterocycles. The Bertz CT molecular complexity index is 402. The highest BCUT2D eigenvalue weighted by molar-refractivity contribution is 5.95. The molecule has 0 aliphatic rings. The molecule has 0 spiro atoms. The summed E-state index contributed by atoms with van der Waals surface area (Å²) in [7, 11) is 5.39. The molecular weight excluding hydrogens is 216 g/mol. The predicted molar refractivity (Wildman–Crippen MR) is 69.5 cm³/mol. The number of nitrogens with one attached hydrogen (secondary N) is 1. The van der Waals surface area contributed by atoms with Gasteiger partial charge in [0, 0.05) is 5.69 Å². The van der Waals surface area contributed by atoms with Crippen LogP contribution in [0.15, 0.2) is 18.2 Å². The van der Waals surface area contributed by atoms with E-state index in [9.17, 15) is 4.79 Å². The Morgan fingerprint density at radius 3 is 2.53 bits per heavy atom. The molecule has 1 aromatic carbocycles. The maximum atomic E-state index is 11.9. The van der Waals surface area contributed by atoms with Gasteiger partial charge >= 0.3 is 0 Å². The largest absolute Gasteiger partial charge is 0.497 e. The van der Waals surface area contributed by atoms with Crippen LogP contribution in [0.3, 0.4) is 0 Å². The number of benzene rings is 1. The zero-order valence-corrected chi connectivity index (χ0v) is 11.1. The fourth-order valence-corrected chi connectivity index (χ4v) is 1.38. The van der Waals surface area contributed by atoms with Crippen molar-refractivity contribution in [2.75, 3.05) is 26.5 Å². The molecule has 4 heteroatoms. The Balaban J connectivity index is 2.78. The smallest absolute Gasteiger partial charge is 0.241 e. The van der Waals surface area contributed by atoms with Crippen LogP contribution in [0.25, 0.3) is 0 Å². The van der Waals surface area contributed by atoms with Gasteiger partial charge in [-0.25, -0.2) is 0 Å². The fourth-order valence-electron chi connectivity index (χ4n) is 1.38. The van der Waals surface area contributed by atoms with Gasteiger partial charge in [-0.15, -0.1) is 0 Å². The highest BCUT2D eigenvalue weighted by atomic mass is 16.5. The van der Waals surface area contributed by atoms with Gasteiger partial charge in [-0.1, -0.05) is 0 Å². The van der Waals surface area contributed by atoms with Crippen molar-refractivity contribution in [3.8, 4) is 5.75 Å². The number of carbonyl (C=O) groups is 1. The van der Waals surface area contributed by atoms with Crippen molar-refractivity contribution in [2.24, 2.45) is 0 Å². The average molecular weight is 236 g/mol. The van der Waals surface area contributed by atoms with Crippen molar-refractivity contribution < 1.29 is 9.53 Å². The van der Waals surface area contributed by atoms with Crippen molar-refractivity contribution in [3.05, 3.63) is 23.8 Å². The van der Waals surface area contributed by atoms with Crippen molar-refractivity contribution in [1.82, 2.24) is 4.90 Å². The minimum absolute atomic E-state index is 0.0109. The van der Waals surface area contributed by atoms with E-state index in [-0.39, 0.29) is 11.9 Å². The average Bonchev–Trinajstić information content (AvgIpc) is 2.30. The van der Waals surface area contributed by atoms with Gasteiger partial charge in [0.05, 0.1) is 13.2 Å². The molecule has 1 aromatic rings. The number of aryl methyl sites for hydroxylation is 1. The summed E-state index contributed by atoms with van der Waals surface area (Å²) < 4.78 is 5.12. The zero-order chi connectivity index (χ0) is 13.0. The summed E-state index contributed by atoms with van der Waals surface area (Å²) in [6.07, 6.45) is 0. The molecule has 0 saturated carbocycles. The van der Waals surface area contributed by atoms with E-state index in [1.54, 1.807) is 7.11 Å². The SMILES string of the molecule is COc1ccc(NC(=O)C(C)N(C)C)c(C)c1. The normalized spacial score (nSPS) is 12.4. The minimum Gasteiger partial charge on any atom is -0.497 e. The summed E-state index contributed by atoms with van der Waals surface area (Å²) in [5.74, 6) is 0.782. The van der Waals surface area contributed by atoms with Gasteiger partial charge in [0.25, 0.3) is 0 Å². The van der Waals surface area contributed by atoms with Crippen LogP contribution in [0.5, 0.6) is 5.75 Å². The molecule has 17 heavy (non-hydrogen) atoms. The lowest BCUT2D eigenvalue weighted by molar-refractivity contribution is -0.119. The van der Waals surface area contributed by atoms with Crippen molar-refractivity contribution in [3.63, 3.8) is 0 Å². The topological polar surface area (TPSA) is 41.6 Å². The van der Waals surface area contributed by atoms with E-state index >= 15 is 0 Å². The van der Waals surface area contributed by atoms with Crippen molar-refractivity contribution in [1.29, 1.82) is 0 Å². The molecule has 94 valence electrons. The summed E-state index contributed by atoms with van der Waals surface area (Å²) >= 11 is 0. The van der Waals surface area contributed by atoms with E-state index in [0.29, 0.717) is 0 Å². The second-order valence-corrected chi connectivity index (χ2v) is 4.31. The van der Waals surface area contributed by atoms with Gasteiger partial charge in [-0.2, -0.15) is 0 Å². The first-order chi connectivity index (χ1) is 7.95. The van der Waals surface area contributed by atoms with Crippen LogP contribution in [0, 0.1) is 6.92 Å². The number of nitrogens with zero attached hydrogens (tertiary/aromatic N) is 1. The number of anilines is 1. The van der Waals surface area contributed by atoms with E-state index in [2.05, 4.69) is 5.32 Å². The molecule has 0 aromatic heterocycles. The molecule has 0 aliphatic carbocycles. The maximum Gasteiger partial charge on any atom is 0.241 e. The number of amides is 1. The first-order valence-electron chi connectivity index (χ1n) is 5.57. The molecule has 0 radical (unpaired) electrons. The van der Waals surface area contributed by atoms with Gasteiger partial charge in [-0.05, 0) is 51.7 Å². The van der Waals surface area contributed by atoms with Crippen LogP contribution in [0.4, 0.5) is 5.69 Å². The molecule has 1 atom stereocenters. The van der Waals surface area contributed by atoms with E-state index in [0.717, 1.165) is 17.0 Å². The molecule has 0 saturated heterocycles. The Labute approximate surface area is 103 Å². The highest BCUT2D eigenvalue weighted by Crippen LogP contribution is 2.21. The minimum atomic E-state index is -0.156. The summed E-state index contributed by atoms with van der Waals surface area (Å²) in [4.78, 5) is 13.7. The zero-order valence-electron chi connectivity index (χ0n) is 11.1. The lowest BCUT2D eigenvalue weighted by Crippen LogP contribution is -2.37. The molecule has 1 N–H and O–H groups in total. The van der Waals surface area contributed by atoms with Gasteiger partial charge in [0.1, 0.15) is 5.75 Å². The maximum absolute atomic E-state index is 11.9. The third-order valence-electron chi connectivity index (χ3n) is 2.85. The summed E-state index contributed by atoms with van der Waals surface area (Å²) in [6, 6.07) is 5.43. The second-order valence-electron chi connectivity index (χ2n) is 4.31. The first-order valence-corrected chi connectivity index (χ1v) is 5.57. The second kappa shape index (κ2) is 5.68. The predicted octanol–water partition coefficient (Wildman–Crippen LogP) is 1.89. The Kier molecular flexibility index (Phi) is 4.52. The number of ether oxygens (including phenoxy) is 1. The van der Waals surface area contributed by atoms with Crippen LogP contribution in [0.1, 0.15) is 12.5 Å². The number of rotatable bonds is 4. The van der Waals surface area contributed by atoms with E-state index < -0.39 is 0 Å². The highest BCUT2D eigenvalue weighted by Gasteiger charge is 2.15. The monoisotopic (exact) mass is 236 g/mol. The fraction of sp³-hybridized carbons (Fsp3) is 0.462. The van der Waals surface area contributed by atoms with E-state index in [1.807, 2.05) is 51.0 Å². The lowest BCUT2D eigenvalue weighted by atomic mass is 10.1. The van der Waals surface area contributed by atoms with Crippen molar-refractivity contribution in [2.45, 2.75) is 19.9 Å². The van der Waals surface area contributed by atoms with Crippen molar-refractivity contribution >= 4 is 11.6 Å². The van der Waals surface area contributed by atoms with Gasteiger partial charge < -0.3 is 10.1 Å². The first kappa shape index (κ1) is 13.5. The van der Waals surface area contributed by atoms with Crippen LogP contribution >= 0.6 is 0 Å². The molecule has 4 nitrogen and oxygen atoms in total. The molecule has 0 bridgehead atoms. The lowest BCUT2D eigenvalue weighted by Gasteiger charge is -2.19. The Morgan fingerprint density at radius 1 is 1.41 bits per heavy atom.